The van der Waals surface area contributed by atoms with Crippen molar-refractivity contribution in [2.45, 2.75) is 52.1 Å². The van der Waals surface area contributed by atoms with Gasteiger partial charge < -0.3 is 23.7 Å². The van der Waals surface area contributed by atoms with Gasteiger partial charge in [0.05, 0.1) is 47.4 Å². The lowest BCUT2D eigenvalue weighted by molar-refractivity contribution is 0.0697. The van der Waals surface area contributed by atoms with Gasteiger partial charge in [-0.2, -0.15) is 0 Å². The molecule has 1 aliphatic rings. The first-order valence-electron chi connectivity index (χ1n) is 14.5. The van der Waals surface area contributed by atoms with E-state index in [0.717, 1.165) is 55.0 Å². The van der Waals surface area contributed by atoms with Crippen LogP contribution in [0.5, 0.6) is 11.6 Å². The Morgan fingerprint density at radius 1 is 1.09 bits per heavy atom. The van der Waals surface area contributed by atoms with E-state index in [-0.39, 0.29) is 24.0 Å². The number of aromatic carboxylic acids is 1. The third-order valence-corrected chi connectivity index (χ3v) is 8.01. The number of nitrogens with zero attached hydrogens (tertiary/aromatic N) is 6. The average Bonchev–Trinajstić information content (AvgIpc) is 3.61. The van der Waals surface area contributed by atoms with Crippen molar-refractivity contribution in [3.63, 3.8) is 0 Å². The minimum atomic E-state index is -0.968. The highest BCUT2D eigenvalue weighted by Gasteiger charge is 2.24. The van der Waals surface area contributed by atoms with Crippen LogP contribution in [0.1, 0.15) is 47.3 Å². The predicted octanol–water partition coefficient (Wildman–Crippen LogP) is 5.81. The van der Waals surface area contributed by atoms with Crippen LogP contribution in [0.3, 0.4) is 0 Å². The number of halogens is 2. The number of carboxylic acid groups (broad SMARTS) is 1. The van der Waals surface area contributed by atoms with Crippen molar-refractivity contribution < 1.29 is 23.8 Å². The lowest BCUT2D eigenvalue weighted by Crippen LogP contribution is -2.38. The molecule has 1 saturated heterocycles. The van der Waals surface area contributed by atoms with Crippen LogP contribution in [0.4, 0.5) is 4.39 Å². The number of carboxylic acids is 1. The third-order valence-electron chi connectivity index (χ3n) is 7.77. The summed E-state index contributed by atoms with van der Waals surface area (Å²) in [6, 6.07) is 14.8. The SMILES string of the molecule is CCn1cncc1Cn1c(CN2CCC(Oc3cccc(COc4ccc(Cl)cc4F)n3)CC2)nc2ccc(C(=O)O)cc21. The molecule has 4 heterocycles. The van der Waals surface area contributed by atoms with Gasteiger partial charge in [-0.3, -0.25) is 4.90 Å². The number of piperidine rings is 1. The number of hydrogen-bond acceptors (Lipinski definition) is 7. The smallest absolute Gasteiger partial charge is 0.335 e. The highest BCUT2D eigenvalue weighted by Crippen LogP contribution is 2.25. The minimum absolute atomic E-state index is 0.000486. The number of carbonyl (C=O) groups is 1. The van der Waals surface area contributed by atoms with E-state index < -0.39 is 11.8 Å². The molecule has 0 aliphatic carbocycles. The monoisotopic (exact) mass is 618 g/mol. The Morgan fingerprint density at radius 3 is 2.70 bits per heavy atom. The number of pyridine rings is 1. The topological polar surface area (TPSA) is 108 Å². The van der Waals surface area contributed by atoms with Crippen molar-refractivity contribution in [1.82, 2.24) is 29.0 Å². The number of aryl methyl sites for hydroxylation is 1. The molecule has 5 aromatic rings. The molecule has 3 aromatic heterocycles. The summed E-state index contributed by atoms with van der Waals surface area (Å²) < 4.78 is 30.0. The minimum Gasteiger partial charge on any atom is -0.484 e. The summed E-state index contributed by atoms with van der Waals surface area (Å²) >= 11 is 5.82. The fourth-order valence-corrected chi connectivity index (χ4v) is 5.59. The molecule has 12 heteroatoms. The number of imidazole rings is 2. The molecule has 0 spiro atoms. The first-order chi connectivity index (χ1) is 21.4. The summed E-state index contributed by atoms with van der Waals surface area (Å²) in [5.41, 5.74) is 3.44. The van der Waals surface area contributed by atoms with E-state index in [1.165, 1.54) is 12.1 Å². The molecular weight excluding hydrogens is 587 g/mol. The Bertz CT molecular complexity index is 1780. The zero-order chi connectivity index (χ0) is 30.6. The maximum atomic E-state index is 14.1. The van der Waals surface area contributed by atoms with E-state index in [0.29, 0.717) is 29.7 Å². The molecule has 0 unspecified atom stereocenters. The normalized spacial score (nSPS) is 14.2. The molecule has 0 radical (unpaired) electrons. The first-order valence-corrected chi connectivity index (χ1v) is 14.9. The molecule has 0 amide bonds. The quantitative estimate of drug-likeness (QED) is 0.198. The zero-order valence-electron chi connectivity index (χ0n) is 24.2. The van der Waals surface area contributed by atoms with Crippen LogP contribution in [0.25, 0.3) is 11.0 Å². The van der Waals surface area contributed by atoms with Crippen LogP contribution in [0, 0.1) is 5.82 Å². The van der Waals surface area contributed by atoms with Crippen molar-refractivity contribution in [3.05, 3.63) is 101 Å². The number of benzene rings is 2. The van der Waals surface area contributed by atoms with E-state index in [2.05, 4.69) is 30.9 Å². The van der Waals surface area contributed by atoms with Gasteiger partial charge in [-0.1, -0.05) is 17.7 Å². The number of likely N-dealkylation sites (tertiary alicyclic amines) is 1. The lowest BCUT2D eigenvalue weighted by atomic mass is 10.1. The summed E-state index contributed by atoms with van der Waals surface area (Å²) in [5, 5.41) is 9.90. The maximum Gasteiger partial charge on any atom is 0.335 e. The number of aromatic nitrogens is 5. The van der Waals surface area contributed by atoms with E-state index in [4.69, 9.17) is 26.1 Å². The Balaban J connectivity index is 1.10. The van der Waals surface area contributed by atoms with E-state index >= 15 is 0 Å². The van der Waals surface area contributed by atoms with E-state index in [1.807, 2.05) is 24.4 Å². The van der Waals surface area contributed by atoms with Crippen LogP contribution in [0.15, 0.2) is 67.1 Å². The van der Waals surface area contributed by atoms with Gasteiger partial charge >= 0.3 is 5.97 Å². The van der Waals surface area contributed by atoms with Crippen LogP contribution in [-0.2, 0) is 26.2 Å². The van der Waals surface area contributed by atoms with Crippen LogP contribution >= 0.6 is 11.6 Å². The van der Waals surface area contributed by atoms with Gasteiger partial charge in [-0.15, -0.1) is 0 Å². The van der Waals surface area contributed by atoms with Gasteiger partial charge in [0.25, 0.3) is 0 Å². The highest BCUT2D eigenvalue weighted by molar-refractivity contribution is 6.30. The van der Waals surface area contributed by atoms with Gasteiger partial charge in [0.1, 0.15) is 18.5 Å². The molecule has 0 bridgehead atoms. The standard InChI is InChI=1S/C32H32ClFN6O4/c1-2-39-20-35-16-24(39)17-40-28-14-21(32(41)42)6-8-27(28)37-30(40)18-38-12-10-25(11-13-38)44-31-5-3-4-23(36-31)19-43-29-9-7-22(33)15-26(29)34/h3-9,14-16,20,25H,2,10-13,17-19H2,1H3,(H,41,42). The molecule has 228 valence electrons. The van der Waals surface area contributed by atoms with Gasteiger partial charge in [-0.25, -0.2) is 24.1 Å². The molecule has 1 fully saturated rings. The summed E-state index contributed by atoms with van der Waals surface area (Å²) in [7, 11) is 0. The number of rotatable bonds is 11. The summed E-state index contributed by atoms with van der Waals surface area (Å²) in [5.74, 6) is -0.00150. The molecule has 44 heavy (non-hydrogen) atoms. The van der Waals surface area contributed by atoms with Gasteiger partial charge in [-0.05, 0) is 62.2 Å². The molecule has 0 atom stereocenters. The van der Waals surface area contributed by atoms with E-state index in [1.54, 1.807) is 30.6 Å². The van der Waals surface area contributed by atoms with Crippen LogP contribution in [-0.4, -0.2) is 59.3 Å². The molecule has 2 aromatic carbocycles. The lowest BCUT2D eigenvalue weighted by Gasteiger charge is -2.31. The summed E-state index contributed by atoms with van der Waals surface area (Å²) in [6.07, 6.45) is 5.26. The van der Waals surface area contributed by atoms with Gasteiger partial charge in [0, 0.05) is 36.9 Å². The van der Waals surface area contributed by atoms with E-state index in [9.17, 15) is 14.3 Å². The second kappa shape index (κ2) is 13.0. The molecule has 10 nitrogen and oxygen atoms in total. The fourth-order valence-electron chi connectivity index (χ4n) is 5.43. The van der Waals surface area contributed by atoms with Gasteiger partial charge in [0.2, 0.25) is 5.88 Å². The summed E-state index contributed by atoms with van der Waals surface area (Å²) in [6.45, 7) is 5.72. The molecule has 6 rings (SSSR count). The molecule has 1 aliphatic heterocycles. The Kier molecular flexibility index (Phi) is 8.76. The number of ether oxygens (including phenoxy) is 2. The first kappa shape index (κ1) is 29.6. The van der Waals surface area contributed by atoms with Crippen molar-refractivity contribution in [3.8, 4) is 11.6 Å². The van der Waals surface area contributed by atoms with Crippen LogP contribution in [0.2, 0.25) is 5.02 Å². The fraction of sp³-hybridized carbons (Fsp3) is 0.312. The summed E-state index contributed by atoms with van der Waals surface area (Å²) in [4.78, 5) is 27.8. The van der Waals surface area contributed by atoms with Gasteiger partial charge in [0.15, 0.2) is 11.6 Å². The highest BCUT2D eigenvalue weighted by atomic mass is 35.5. The van der Waals surface area contributed by atoms with Crippen molar-refractivity contribution in [2.24, 2.45) is 0 Å². The molecule has 0 saturated carbocycles. The second-order valence-corrected chi connectivity index (χ2v) is 11.2. The van der Waals surface area contributed by atoms with Crippen LogP contribution < -0.4 is 9.47 Å². The van der Waals surface area contributed by atoms with Crippen molar-refractivity contribution in [1.29, 1.82) is 0 Å². The predicted molar refractivity (Wildman–Crippen MR) is 163 cm³/mol. The Morgan fingerprint density at radius 2 is 1.93 bits per heavy atom. The molecular formula is C32H32ClFN6O4. The van der Waals surface area contributed by atoms with Crippen molar-refractivity contribution in [2.75, 3.05) is 13.1 Å². The zero-order valence-corrected chi connectivity index (χ0v) is 25.0. The maximum absolute atomic E-state index is 14.1. The third kappa shape index (κ3) is 6.68. The Labute approximate surface area is 258 Å². The second-order valence-electron chi connectivity index (χ2n) is 10.7. The van der Waals surface area contributed by atoms with Crippen molar-refractivity contribution >= 4 is 28.6 Å². The largest absolute Gasteiger partial charge is 0.484 e. The average molecular weight is 619 g/mol. The number of hydrogen-bond donors (Lipinski definition) is 1. The molecule has 1 N–H and O–H groups in total. The Hall–Kier alpha value is -4.48. The number of fused-ring (bicyclic) bond motifs is 1.